The maximum absolute atomic E-state index is 13.6. The average molecular weight is 467 g/mol. The van der Waals surface area contributed by atoms with Crippen LogP contribution in [0.15, 0.2) is 68.4 Å². The molecular formula is C22H19BrN4O3. The highest BCUT2D eigenvalue weighted by atomic mass is 79.9. The van der Waals surface area contributed by atoms with Crippen molar-refractivity contribution in [2.45, 2.75) is 18.9 Å². The van der Waals surface area contributed by atoms with Crippen LogP contribution in [0.5, 0.6) is 0 Å². The van der Waals surface area contributed by atoms with E-state index < -0.39 is 11.3 Å². The molecule has 1 aliphatic rings. The lowest BCUT2D eigenvalue weighted by atomic mass is 10.1. The summed E-state index contributed by atoms with van der Waals surface area (Å²) in [6, 6.07) is 17.3. The molecule has 5 rings (SSSR count). The number of rotatable bonds is 4. The molecule has 1 saturated carbocycles. The smallest absolute Gasteiger partial charge is 0.323 e. The molecule has 0 spiro atoms. The first-order chi connectivity index (χ1) is 14.4. The maximum atomic E-state index is 13.6. The van der Waals surface area contributed by atoms with E-state index >= 15 is 0 Å². The Balaban J connectivity index is 1.73. The summed E-state index contributed by atoms with van der Waals surface area (Å²) in [5.41, 5.74) is 1.59. The number of amides is 1. The number of hydrogen-bond acceptors (Lipinski definition) is 4. The van der Waals surface area contributed by atoms with Gasteiger partial charge < -0.3 is 9.47 Å². The second kappa shape index (κ2) is 6.70. The minimum Gasteiger partial charge on any atom is -0.323 e. The maximum Gasteiger partial charge on any atom is 0.438 e. The number of anilines is 1. The lowest BCUT2D eigenvalue weighted by molar-refractivity contribution is 0.0982. The fourth-order valence-corrected chi connectivity index (χ4v) is 4.67. The Bertz CT molecular complexity index is 1320. The minimum atomic E-state index is -0.635. The third-order valence-electron chi connectivity index (χ3n) is 5.95. The second-order valence-electron chi connectivity index (χ2n) is 7.74. The molecule has 0 bridgehead atoms. The molecule has 1 fully saturated rings. The lowest BCUT2D eigenvalue weighted by Crippen LogP contribution is -2.33. The number of hydrogen-bond donors (Lipinski definition) is 1. The summed E-state index contributed by atoms with van der Waals surface area (Å²) < 4.78 is 7.74. The average Bonchev–Trinajstić information content (AvgIpc) is 3.06. The molecule has 0 unspecified atom stereocenters. The number of halogens is 1. The zero-order valence-corrected chi connectivity index (χ0v) is 18.0. The van der Waals surface area contributed by atoms with Crippen LogP contribution in [0.1, 0.15) is 29.7 Å². The normalized spacial score (nSPS) is 20.4. The van der Waals surface area contributed by atoms with Gasteiger partial charge in [0, 0.05) is 28.1 Å². The summed E-state index contributed by atoms with van der Waals surface area (Å²) >= 11 is 3.52. The van der Waals surface area contributed by atoms with Gasteiger partial charge in [0.25, 0.3) is 5.91 Å². The highest BCUT2D eigenvalue weighted by molar-refractivity contribution is 9.10. The molecule has 4 aromatic rings. The predicted molar refractivity (Wildman–Crippen MR) is 117 cm³/mol. The van der Waals surface area contributed by atoms with Crippen LogP contribution >= 0.6 is 15.9 Å². The fourth-order valence-electron chi connectivity index (χ4n) is 4.29. The van der Waals surface area contributed by atoms with Crippen LogP contribution in [-0.2, 0) is 5.54 Å². The van der Waals surface area contributed by atoms with Crippen LogP contribution in [0.25, 0.3) is 10.9 Å². The van der Waals surface area contributed by atoms with E-state index in [2.05, 4.69) is 33.0 Å². The van der Waals surface area contributed by atoms with E-state index in [1.165, 1.54) is 0 Å². The van der Waals surface area contributed by atoms with Crippen LogP contribution in [0, 0.1) is 5.92 Å². The number of fused-ring (bicyclic) bond motifs is 1. The van der Waals surface area contributed by atoms with Gasteiger partial charge >= 0.3 is 5.76 Å². The van der Waals surface area contributed by atoms with Gasteiger partial charge in [-0.2, -0.15) is 0 Å². The number of carbonyl (C=O) groups excluding carboxylic acids is 1. The van der Waals surface area contributed by atoms with Gasteiger partial charge in [0.05, 0.1) is 0 Å². The molecule has 2 aromatic heterocycles. The van der Waals surface area contributed by atoms with Crippen LogP contribution in [0.3, 0.4) is 0 Å². The van der Waals surface area contributed by atoms with Gasteiger partial charge in [0.2, 0.25) is 0 Å². The molecule has 2 heterocycles. The molecule has 1 amide bonds. The van der Waals surface area contributed by atoms with Gasteiger partial charge in [-0.25, -0.2) is 4.79 Å². The van der Waals surface area contributed by atoms with Gasteiger partial charge in [-0.1, -0.05) is 46.2 Å². The van der Waals surface area contributed by atoms with Crippen LogP contribution in [0.4, 0.5) is 5.69 Å². The van der Waals surface area contributed by atoms with Crippen molar-refractivity contribution in [1.29, 1.82) is 0 Å². The van der Waals surface area contributed by atoms with Crippen molar-refractivity contribution in [1.82, 2.24) is 14.7 Å². The van der Waals surface area contributed by atoms with Crippen molar-refractivity contribution in [3.05, 3.63) is 81.1 Å². The van der Waals surface area contributed by atoms with E-state index in [9.17, 15) is 9.59 Å². The van der Waals surface area contributed by atoms with E-state index in [1.807, 2.05) is 59.2 Å². The molecule has 0 aliphatic heterocycles. The summed E-state index contributed by atoms with van der Waals surface area (Å²) in [5, 5.41) is 4.92. The summed E-state index contributed by atoms with van der Waals surface area (Å²) in [5.74, 6) is -0.127. The van der Waals surface area contributed by atoms with Gasteiger partial charge in [-0.05, 0) is 48.7 Å². The second-order valence-corrected chi connectivity index (χ2v) is 8.66. The molecule has 30 heavy (non-hydrogen) atoms. The zero-order chi connectivity index (χ0) is 21.0. The highest BCUT2D eigenvalue weighted by Gasteiger charge is 2.59. The molecule has 8 heteroatoms. The Kier molecular flexibility index (Phi) is 4.21. The van der Waals surface area contributed by atoms with Crippen molar-refractivity contribution in [3.8, 4) is 0 Å². The summed E-state index contributed by atoms with van der Waals surface area (Å²) in [6.07, 6.45) is 0.741. The quantitative estimate of drug-likeness (QED) is 0.489. The van der Waals surface area contributed by atoms with E-state index in [0.29, 0.717) is 11.5 Å². The van der Waals surface area contributed by atoms with Crippen molar-refractivity contribution in [2.75, 3.05) is 11.9 Å². The molecule has 1 aliphatic carbocycles. The van der Waals surface area contributed by atoms with Gasteiger partial charge in [-0.3, -0.25) is 14.3 Å². The van der Waals surface area contributed by atoms with E-state index in [0.717, 1.165) is 27.5 Å². The molecule has 2 aromatic carbocycles. The van der Waals surface area contributed by atoms with Gasteiger partial charge in [-0.15, -0.1) is 0 Å². The van der Waals surface area contributed by atoms with Crippen molar-refractivity contribution < 1.29 is 9.32 Å². The van der Waals surface area contributed by atoms with Crippen LogP contribution < -0.4 is 10.7 Å². The van der Waals surface area contributed by atoms with Gasteiger partial charge in [0.15, 0.2) is 5.82 Å². The number of carbonyl (C=O) groups is 1. The zero-order valence-electron chi connectivity index (χ0n) is 16.4. The van der Waals surface area contributed by atoms with Crippen molar-refractivity contribution in [3.63, 3.8) is 0 Å². The molecule has 1 N–H and O–H groups in total. The number of benzene rings is 2. The molecule has 2 atom stereocenters. The van der Waals surface area contributed by atoms with E-state index in [4.69, 9.17) is 4.52 Å². The monoisotopic (exact) mass is 466 g/mol. The Hall–Kier alpha value is -3.13. The van der Waals surface area contributed by atoms with Crippen molar-refractivity contribution in [2.24, 2.45) is 5.92 Å². The first kappa shape index (κ1) is 18.9. The van der Waals surface area contributed by atoms with E-state index in [-0.39, 0.29) is 11.8 Å². The van der Waals surface area contributed by atoms with Gasteiger partial charge in [0.1, 0.15) is 11.2 Å². The molecule has 0 saturated heterocycles. The molecule has 152 valence electrons. The first-order valence-electron chi connectivity index (χ1n) is 9.63. The van der Waals surface area contributed by atoms with E-state index in [1.54, 1.807) is 11.9 Å². The SMILES string of the molecule is C[C@H]1C[C@]1(c1noc(=O)[nH]1)n1c(C(=O)N(C)c2ccccc2)cc2cc(Br)ccc21. The van der Waals surface area contributed by atoms with Crippen LogP contribution in [-0.4, -0.2) is 27.7 Å². The molecular weight excluding hydrogens is 448 g/mol. The Labute approximate surface area is 180 Å². The predicted octanol–water partition coefficient (Wildman–Crippen LogP) is 4.14. The molecule has 0 radical (unpaired) electrons. The summed E-state index contributed by atoms with van der Waals surface area (Å²) in [6.45, 7) is 2.08. The Morgan fingerprint density at radius 1 is 1.27 bits per heavy atom. The topological polar surface area (TPSA) is 84.1 Å². The fraction of sp³-hybridized carbons (Fsp3) is 0.227. The minimum absolute atomic E-state index is 0.141. The number of H-pyrrole nitrogens is 1. The van der Waals surface area contributed by atoms with Crippen LogP contribution in [0.2, 0.25) is 0 Å². The van der Waals surface area contributed by atoms with Crippen molar-refractivity contribution >= 4 is 38.4 Å². The molecule has 7 nitrogen and oxygen atoms in total. The lowest BCUT2D eigenvalue weighted by Gasteiger charge is -2.23. The summed E-state index contributed by atoms with van der Waals surface area (Å²) in [4.78, 5) is 29.6. The number of para-hydroxylation sites is 1. The third kappa shape index (κ3) is 2.74. The standard InChI is InChI=1S/C22H19BrN4O3/c1-13-12-22(13,20-24-21(29)30-25-20)27-17-9-8-15(23)10-14(17)11-18(27)19(28)26(2)16-6-4-3-5-7-16/h3-11,13H,12H2,1-2H3,(H,24,25,29)/t13-,22-/m0/s1. The largest absolute Gasteiger partial charge is 0.438 e. The number of nitrogens with one attached hydrogen (secondary N) is 1. The number of aromatic nitrogens is 3. The number of nitrogens with zero attached hydrogens (tertiary/aromatic N) is 3. The summed E-state index contributed by atoms with van der Waals surface area (Å²) in [7, 11) is 1.76. The highest BCUT2D eigenvalue weighted by Crippen LogP contribution is 2.55. The number of aromatic amines is 1. The third-order valence-corrected chi connectivity index (χ3v) is 6.45. The Morgan fingerprint density at radius 2 is 2.00 bits per heavy atom. The Morgan fingerprint density at radius 3 is 2.63 bits per heavy atom. The first-order valence-corrected chi connectivity index (χ1v) is 10.4.